The number of fused-ring (bicyclic) bond motifs is 1. The van der Waals surface area contributed by atoms with Gasteiger partial charge in [0.15, 0.2) is 4.96 Å². The van der Waals surface area contributed by atoms with Crippen LogP contribution in [0.15, 0.2) is 46.7 Å². The van der Waals surface area contributed by atoms with Crippen LogP contribution in [0.4, 0.5) is 0 Å². The normalized spacial score (nSPS) is 11.2. The van der Waals surface area contributed by atoms with E-state index < -0.39 is 5.97 Å². The van der Waals surface area contributed by atoms with E-state index in [1.54, 1.807) is 23.7 Å². The van der Waals surface area contributed by atoms with Crippen molar-refractivity contribution in [3.63, 3.8) is 0 Å². The van der Waals surface area contributed by atoms with Crippen molar-refractivity contribution in [2.75, 3.05) is 0 Å². The predicted octanol–water partition coefficient (Wildman–Crippen LogP) is 3.47. The van der Waals surface area contributed by atoms with Crippen molar-refractivity contribution in [2.45, 2.75) is 13.5 Å². The van der Waals surface area contributed by atoms with Gasteiger partial charge in [0.25, 0.3) is 5.56 Å². The number of aromatic nitrogens is 2. The zero-order chi connectivity index (χ0) is 17.1. The van der Waals surface area contributed by atoms with E-state index in [0.29, 0.717) is 15.7 Å². The standard InChI is InChI=1S/C17H13ClN2O3S/c1-11-2-3-12(8-14(11)18)4-5-16(22)23-10-13-9-15(21)20-6-7-24-17(20)19-13/h2-9H,10H2,1H3/b5-4+. The molecule has 0 aliphatic rings. The monoisotopic (exact) mass is 360 g/mol. The molecule has 2 heterocycles. The maximum atomic E-state index is 11.8. The summed E-state index contributed by atoms with van der Waals surface area (Å²) in [6.45, 7) is 1.85. The number of hydrogen-bond acceptors (Lipinski definition) is 5. The Hall–Kier alpha value is -2.44. The average molecular weight is 361 g/mol. The second-order valence-corrected chi connectivity index (χ2v) is 6.37. The second-order valence-electron chi connectivity index (χ2n) is 5.09. The molecule has 0 saturated heterocycles. The number of thiazole rings is 1. The van der Waals surface area contributed by atoms with Gasteiger partial charge in [-0.25, -0.2) is 9.78 Å². The predicted molar refractivity (Wildman–Crippen MR) is 94.4 cm³/mol. The Morgan fingerprint density at radius 3 is 3.04 bits per heavy atom. The highest BCUT2D eigenvalue weighted by molar-refractivity contribution is 7.15. The molecule has 3 aromatic rings. The Labute approximate surface area is 146 Å². The van der Waals surface area contributed by atoms with Gasteiger partial charge in [-0.05, 0) is 30.2 Å². The number of rotatable bonds is 4. The van der Waals surface area contributed by atoms with Crippen LogP contribution in [0, 0.1) is 6.92 Å². The highest BCUT2D eigenvalue weighted by Crippen LogP contribution is 2.17. The molecule has 0 aliphatic heterocycles. The van der Waals surface area contributed by atoms with Crippen LogP contribution in [-0.2, 0) is 16.1 Å². The first kappa shape index (κ1) is 16.4. The molecule has 0 N–H and O–H groups in total. The van der Waals surface area contributed by atoms with Gasteiger partial charge in [0.2, 0.25) is 0 Å². The minimum atomic E-state index is -0.514. The maximum Gasteiger partial charge on any atom is 0.331 e. The number of hydrogen-bond donors (Lipinski definition) is 0. The summed E-state index contributed by atoms with van der Waals surface area (Å²) in [5.74, 6) is -0.514. The first-order valence-corrected chi connectivity index (χ1v) is 8.35. The van der Waals surface area contributed by atoms with Gasteiger partial charge in [-0.3, -0.25) is 9.20 Å². The van der Waals surface area contributed by atoms with E-state index in [9.17, 15) is 9.59 Å². The lowest BCUT2D eigenvalue weighted by atomic mass is 10.1. The van der Waals surface area contributed by atoms with Gasteiger partial charge in [-0.2, -0.15) is 0 Å². The third-order valence-electron chi connectivity index (χ3n) is 3.33. The van der Waals surface area contributed by atoms with Gasteiger partial charge < -0.3 is 4.74 Å². The van der Waals surface area contributed by atoms with Gasteiger partial charge in [0.05, 0.1) is 5.69 Å². The SMILES string of the molecule is Cc1ccc(/C=C/C(=O)OCc2cc(=O)n3ccsc3n2)cc1Cl. The molecule has 0 radical (unpaired) electrons. The summed E-state index contributed by atoms with van der Waals surface area (Å²) in [6.07, 6.45) is 4.59. The molecule has 0 fully saturated rings. The highest BCUT2D eigenvalue weighted by atomic mass is 35.5. The molecule has 0 aliphatic carbocycles. The van der Waals surface area contributed by atoms with Crippen molar-refractivity contribution in [1.29, 1.82) is 0 Å². The van der Waals surface area contributed by atoms with E-state index in [0.717, 1.165) is 11.1 Å². The minimum Gasteiger partial charge on any atom is -0.456 e. The third kappa shape index (κ3) is 3.72. The smallest absolute Gasteiger partial charge is 0.331 e. The summed E-state index contributed by atoms with van der Waals surface area (Å²) in [7, 11) is 0. The Morgan fingerprint density at radius 1 is 1.42 bits per heavy atom. The van der Waals surface area contributed by atoms with Crippen LogP contribution in [0.25, 0.3) is 11.0 Å². The molecule has 7 heteroatoms. The molecule has 0 unspecified atom stereocenters. The molecule has 0 atom stereocenters. The molecular weight excluding hydrogens is 348 g/mol. The van der Waals surface area contributed by atoms with Gasteiger partial charge in [0, 0.05) is 28.7 Å². The van der Waals surface area contributed by atoms with Crippen LogP contribution in [-0.4, -0.2) is 15.4 Å². The van der Waals surface area contributed by atoms with Crippen LogP contribution in [0.1, 0.15) is 16.8 Å². The molecule has 1 aromatic carbocycles. The van der Waals surface area contributed by atoms with Crippen LogP contribution >= 0.6 is 22.9 Å². The van der Waals surface area contributed by atoms with E-state index in [1.807, 2.05) is 19.1 Å². The molecule has 0 saturated carbocycles. The van der Waals surface area contributed by atoms with E-state index in [-0.39, 0.29) is 12.2 Å². The molecular formula is C17H13ClN2O3S. The van der Waals surface area contributed by atoms with Crippen LogP contribution in [0.3, 0.4) is 0 Å². The summed E-state index contributed by atoms with van der Waals surface area (Å²) in [5, 5.41) is 2.41. The highest BCUT2D eigenvalue weighted by Gasteiger charge is 2.05. The summed E-state index contributed by atoms with van der Waals surface area (Å²) in [4.78, 5) is 28.5. The van der Waals surface area contributed by atoms with Crippen molar-refractivity contribution in [3.05, 3.63) is 74.1 Å². The summed E-state index contributed by atoms with van der Waals surface area (Å²) in [6, 6.07) is 6.86. The minimum absolute atomic E-state index is 0.0541. The second kappa shape index (κ2) is 6.98. The summed E-state index contributed by atoms with van der Waals surface area (Å²) in [5.41, 5.74) is 2.00. The lowest BCUT2D eigenvalue weighted by molar-refractivity contribution is -0.139. The molecule has 2 aromatic heterocycles. The average Bonchev–Trinajstić information content (AvgIpc) is 3.03. The van der Waals surface area contributed by atoms with Crippen molar-refractivity contribution in [3.8, 4) is 0 Å². The van der Waals surface area contributed by atoms with Crippen LogP contribution in [0.2, 0.25) is 5.02 Å². The Kier molecular flexibility index (Phi) is 4.78. The first-order chi connectivity index (χ1) is 11.5. The lowest BCUT2D eigenvalue weighted by Crippen LogP contribution is -2.14. The van der Waals surface area contributed by atoms with Crippen molar-refractivity contribution in [2.24, 2.45) is 0 Å². The largest absolute Gasteiger partial charge is 0.456 e. The van der Waals surface area contributed by atoms with Crippen molar-refractivity contribution < 1.29 is 9.53 Å². The van der Waals surface area contributed by atoms with Crippen molar-refractivity contribution in [1.82, 2.24) is 9.38 Å². The quantitative estimate of drug-likeness (QED) is 0.528. The van der Waals surface area contributed by atoms with Gasteiger partial charge in [0.1, 0.15) is 6.61 Å². The van der Waals surface area contributed by atoms with E-state index in [4.69, 9.17) is 16.3 Å². The molecule has 24 heavy (non-hydrogen) atoms. The summed E-state index contributed by atoms with van der Waals surface area (Å²) >= 11 is 7.38. The Morgan fingerprint density at radius 2 is 2.25 bits per heavy atom. The molecule has 0 bridgehead atoms. The number of halogens is 1. The van der Waals surface area contributed by atoms with E-state index >= 15 is 0 Å². The van der Waals surface area contributed by atoms with Gasteiger partial charge in [-0.15, -0.1) is 11.3 Å². The molecule has 0 spiro atoms. The van der Waals surface area contributed by atoms with Crippen LogP contribution < -0.4 is 5.56 Å². The molecule has 122 valence electrons. The number of nitrogens with zero attached hydrogens (tertiary/aromatic N) is 2. The van der Waals surface area contributed by atoms with Crippen LogP contribution in [0.5, 0.6) is 0 Å². The van der Waals surface area contributed by atoms with E-state index in [1.165, 1.54) is 27.9 Å². The first-order valence-electron chi connectivity index (χ1n) is 7.10. The van der Waals surface area contributed by atoms with Gasteiger partial charge >= 0.3 is 5.97 Å². The third-order valence-corrected chi connectivity index (χ3v) is 4.49. The molecule has 5 nitrogen and oxygen atoms in total. The number of carbonyl (C=O) groups is 1. The number of esters is 1. The number of carbonyl (C=O) groups excluding carboxylic acids is 1. The summed E-state index contributed by atoms with van der Waals surface area (Å²) < 4.78 is 6.56. The zero-order valence-corrected chi connectivity index (χ0v) is 14.3. The maximum absolute atomic E-state index is 11.8. The Bertz CT molecular complexity index is 991. The van der Waals surface area contributed by atoms with Gasteiger partial charge in [-0.1, -0.05) is 23.7 Å². The zero-order valence-electron chi connectivity index (χ0n) is 12.7. The fraction of sp³-hybridized carbons (Fsp3) is 0.118. The number of ether oxygens (including phenoxy) is 1. The lowest BCUT2D eigenvalue weighted by Gasteiger charge is -2.02. The topological polar surface area (TPSA) is 60.7 Å². The number of benzene rings is 1. The van der Waals surface area contributed by atoms with Crippen molar-refractivity contribution >= 4 is 39.9 Å². The van der Waals surface area contributed by atoms with E-state index in [2.05, 4.69) is 4.98 Å². The Balaban J connectivity index is 1.65. The molecule has 0 amide bonds. The fourth-order valence-electron chi connectivity index (χ4n) is 2.03. The number of aryl methyl sites for hydroxylation is 1. The fourth-order valence-corrected chi connectivity index (χ4v) is 2.96. The molecule has 3 rings (SSSR count).